The second-order valence-corrected chi connectivity index (χ2v) is 4.16. The van der Waals surface area contributed by atoms with Gasteiger partial charge in [-0.2, -0.15) is 0 Å². The molecule has 6 nitrogen and oxygen atoms in total. The molecule has 1 amide bonds. The molecule has 0 aliphatic heterocycles. The van der Waals surface area contributed by atoms with Gasteiger partial charge in [0.15, 0.2) is 0 Å². The molecule has 0 radical (unpaired) electrons. The SMILES string of the molecule is Cc1cc(C(N)=S)nc(NCC(=O)N(C)C)n1. The van der Waals surface area contributed by atoms with E-state index in [1.807, 2.05) is 6.92 Å². The lowest BCUT2D eigenvalue weighted by atomic mass is 10.3. The zero-order chi connectivity index (χ0) is 13.0. The average molecular weight is 253 g/mol. The lowest BCUT2D eigenvalue weighted by Gasteiger charge is -2.11. The fourth-order valence-electron chi connectivity index (χ4n) is 1.09. The van der Waals surface area contributed by atoms with Gasteiger partial charge in [-0.05, 0) is 13.0 Å². The number of aromatic nitrogens is 2. The first kappa shape index (κ1) is 13.3. The number of carbonyl (C=O) groups excluding carboxylic acids is 1. The molecule has 92 valence electrons. The van der Waals surface area contributed by atoms with Gasteiger partial charge in [-0.3, -0.25) is 4.79 Å². The van der Waals surface area contributed by atoms with Crippen molar-refractivity contribution in [2.75, 3.05) is 26.0 Å². The number of nitrogens with zero attached hydrogens (tertiary/aromatic N) is 3. The molecule has 0 aromatic carbocycles. The molecule has 0 spiro atoms. The summed E-state index contributed by atoms with van der Waals surface area (Å²) in [5.74, 6) is 0.287. The van der Waals surface area contributed by atoms with E-state index < -0.39 is 0 Å². The van der Waals surface area contributed by atoms with Gasteiger partial charge in [0.25, 0.3) is 0 Å². The molecule has 0 bridgehead atoms. The number of aryl methyl sites for hydroxylation is 1. The van der Waals surface area contributed by atoms with Crippen molar-refractivity contribution in [2.45, 2.75) is 6.92 Å². The number of likely N-dealkylation sites (N-methyl/N-ethyl adjacent to an activating group) is 1. The van der Waals surface area contributed by atoms with E-state index in [0.717, 1.165) is 5.69 Å². The first-order valence-corrected chi connectivity index (χ1v) is 5.40. The summed E-state index contributed by atoms with van der Waals surface area (Å²) in [6.07, 6.45) is 0. The highest BCUT2D eigenvalue weighted by Gasteiger charge is 2.07. The van der Waals surface area contributed by atoms with Crippen LogP contribution in [0.25, 0.3) is 0 Å². The molecule has 0 aliphatic carbocycles. The van der Waals surface area contributed by atoms with Crippen LogP contribution in [0.3, 0.4) is 0 Å². The monoisotopic (exact) mass is 253 g/mol. The Bertz CT molecular complexity index is 446. The van der Waals surface area contributed by atoms with Crippen LogP contribution in [0.15, 0.2) is 6.07 Å². The first-order chi connectivity index (χ1) is 7.90. The molecule has 0 unspecified atom stereocenters. The molecule has 7 heteroatoms. The maximum absolute atomic E-state index is 11.4. The highest BCUT2D eigenvalue weighted by atomic mass is 32.1. The summed E-state index contributed by atoms with van der Waals surface area (Å²) < 4.78 is 0. The van der Waals surface area contributed by atoms with E-state index >= 15 is 0 Å². The summed E-state index contributed by atoms with van der Waals surface area (Å²) in [5.41, 5.74) is 6.73. The van der Waals surface area contributed by atoms with Gasteiger partial charge in [0, 0.05) is 19.8 Å². The van der Waals surface area contributed by atoms with Crippen molar-refractivity contribution in [3.63, 3.8) is 0 Å². The Morgan fingerprint density at radius 1 is 1.53 bits per heavy atom. The van der Waals surface area contributed by atoms with Crippen LogP contribution in [0.1, 0.15) is 11.4 Å². The van der Waals surface area contributed by atoms with Gasteiger partial charge in [-0.25, -0.2) is 9.97 Å². The van der Waals surface area contributed by atoms with Crippen molar-refractivity contribution in [3.05, 3.63) is 17.5 Å². The maximum Gasteiger partial charge on any atom is 0.241 e. The molecule has 0 atom stereocenters. The van der Waals surface area contributed by atoms with Crippen molar-refractivity contribution >= 4 is 29.1 Å². The van der Waals surface area contributed by atoms with Crippen LogP contribution in [0.5, 0.6) is 0 Å². The van der Waals surface area contributed by atoms with E-state index in [9.17, 15) is 4.79 Å². The third kappa shape index (κ3) is 3.95. The lowest BCUT2D eigenvalue weighted by molar-refractivity contribution is -0.126. The molecule has 1 aromatic heterocycles. The molecule has 17 heavy (non-hydrogen) atoms. The Balaban J connectivity index is 2.78. The maximum atomic E-state index is 11.4. The predicted molar refractivity (Wildman–Crippen MR) is 69.8 cm³/mol. The minimum atomic E-state index is -0.0630. The van der Waals surface area contributed by atoms with Crippen LogP contribution < -0.4 is 11.1 Å². The lowest BCUT2D eigenvalue weighted by Crippen LogP contribution is -2.29. The summed E-state index contributed by atoms with van der Waals surface area (Å²) in [7, 11) is 3.36. The normalized spacial score (nSPS) is 9.82. The number of nitrogens with one attached hydrogen (secondary N) is 1. The number of nitrogens with two attached hydrogens (primary N) is 1. The second kappa shape index (κ2) is 5.53. The van der Waals surface area contributed by atoms with Gasteiger partial charge in [-0.15, -0.1) is 0 Å². The Morgan fingerprint density at radius 2 is 2.18 bits per heavy atom. The third-order valence-electron chi connectivity index (χ3n) is 2.00. The number of amides is 1. The van der Waals surface area contributed by atoms with Crippen LogP contribution in [-0.4, -0.2) is 46.4 Å². The van der Waals surface area contributed by atoms with E-state index in [1.165, 1.54) is 4.90 Å². The number of carbonyl (C=O) groups is 1. The van der Waals surface area contributed by atoms with Crippen LogP contribution in [0.2, 0.25) is 0 Å². The van der Waals surface area contributed by atoms with Crippen LogP contribution >= 0.6 is 12.2 Å². The molecule has 0 saturated heterocycles. The van der Waals surface area contributed by atoms with Gasteiger partial charge >= 0.3 is 0 Å². The molecule has 1 heterocycles. The molecular weight excluding hydrogens is 238 g/mol. The van der Waals surface area contributed by atoms with Crippen molar-refractivity contribution < 1.29 is 4.79 Å². The van der Waals surface area contributed by atoms with Crippen molar-refractivity contribution in [3.8, 4) is 0 Å². The van der Waals surface area contributed by atoms with Crippen molar-refractivity contribution in [2.24, 2.45) is 5.73 Å². The molecule has 1 aromatic rings. The molecule has 0 aliphatic rings. The van der Waals surface area contributed by atoms with Crippen LogP contribution in [-0.2, 0) is 4.79 Å². The van der Waals surface area contributed by atoms with Crippen molar-refractivity contribution in [1.29, 1.82) is 0 Å². The quantitative estimate of drug-likeness (QED) is 0.730. The molecule has 0 fully saturated rings. The highest BCUT2D eigenvalue weighted by molar-refractivity contribution is 7.80. The van der Waals surface area contributed by atoms with Crippen LogP contribution in [0.4, 0.5) is 5.95 Å². The third-order valence-corrected chi connectivity index (χ3v) is 2.21. The van der Waals surface area contributed by atoms with E-state index in [2.05, 4.69) is 15.3 Å². The number of thiocarbonyl (C=S) groups is 1. The first-order valence-electron chi connectivity index (χ1n) is 4.99. The molecule has 3 N–H and O–H groups in total. The Labute approximate surface area is 105 Å². The van der Waals surface area contributed by atoms with E-state index in [4.69, 9.17) is 18.0 Å². The van der Waals surface area contributed by atoms with E-state index in [1.54, 1.807) is 20.2 Å². The average Bonchev–Trinajstić information content (AvgIpc) is 2.24. The minimum absolute atomic E-state index is 0.0630. The van der Waals surface area contributed by atoms with Gasteiger partial charge in [0.05, 0.1) is 6.54 Å². The van der Waals surface area contributed by atoms with Gasteiger partial charge in [0.2, 0.25) is 11.9 Å². The van der Waals surface area contributed by atoms with E-state index in [-0.39, 0.29) is 17.4 Å². The summed E-state index contributed by atoms with van der Waals surface area (Å²) >= 11 is 4.84. The number of rotatable bonds is 4. The fraction of sp³-hybridized carbons (Fsp3) is 0.400. The number of anilines is 1. The summed E-state index contributed by atoms with van der Waals surface area (Å²) in [4.78, 5) is 21.3. The molecular formula is C10H15N5OS. The summed E-state index contributed by atoms with van der Waals surface area (Å²) in [6, 6.07) is 1.70. The largest absolute Gasteiger partial charge is 0.388 e. The van der Waals surface area contributed by atoms with Gasteiger partial charge in [-0.1, -0.05) is 12.2 Å². The number of hydrogen-bond acceptors (Lipinski definition) is 5. The van der Waals surface area contributed by atoms with Gasteiger partial charge in [0.1, 0.15) is 10.7 Å². The van der Waals surface area contributed by atoms with Crippen molar-refractivity contribution in [1.82, 2.24) is 14.9 Å². The summed E-state index contributed by atoms with van der Waals surface area (Å²) in [5, 5.41) is 2.83. The Hall–Kier alpha value is -1.76. The second-order valence-electron chi connectivity index (χ2n) is 3.72. The Kier molecular flexibility index (Phi) is 4.33. The molecule has 0 saturated carbocycles. The van der Waals surface area contributed by atoms with E-state index in [0.29, 0.717) is 11.6 Å². The zero-order valence-corrected chi connectivity index (χ0v) is 10.8. The minimum Gasteiger partial charge on any atom is -0.388 e. The predicted octanol–water partition coefficient (Wildman–Crippen LogP) is -0.0807. The standard InChI is InChI=1S/C10H15N5OS/c1-6-4-7(9(11)17)14-10(13-6)12-5-8(16)15(2)3/h4H,5H2,1-3H3,(H2,11,17)(H,12,13,14). The topological polar surface area (TPSA) is 84.1 Å². The number of hydrogen-bond donors (Lipinski definition) is 2. The fourth-order valence-corrected chi connectivity index (χ4v) is 1.19. The smallest absolute Gasteiger partial charge is 0.241 e. The van der Waals surface area contributed by atoms with Gasteiger partial charge < -0.3 is 16.0 Å². The zero-order valence-electron chi connectivity index (χ0n) is 10.0. The summed E-state index contributed by atoms with van der Waals surface area (Å²) in [6.45, 7) is 1.94. The molecule has 1 rings (SSSR count). The Morgan fingerprint density at radius 3 is 2.71 bits per heavy atom. The highest BCUT2D eigenvalue weighted by Crippen LogP contribution is 2.04. The van der Waals surface area contributed by atoms with Crippen LogP contribution in [0, 0.1) is 6.92 Å².